The van der Waals surface area contributed by atoms with Crippen molar-refractivity contribution in [2.75, 3.05) is 12.0 Å². The summed E-state index contributed by atoms with van der Waals surface area (Å²) in [4.78, 5) is 16.4. The van der Waals surface area contributed by atoms with Crippen LogP contribution < -0.4 is 4.83 Å². The van der Waals surface area contributed by atoms with Gasteiger partial charge in [-0.1, -0.05) is 68.8 Å². The molecule has 0 aliphatic rings. The smallest absolute Gasteiger partial charge is 0.257 e. The Balaban J connectivity index is 2.53. The first-order chi connectivity index (χ1) is 15.4. The molecule has 0 radical (unpaired) electrons. The van der Waals surface area contributed by atoms with Crippen LogP contribution in [0.5, 0.6) is 0 Å². The van der Waals surface area contributed by atoms with E-state index in [1.807, 2.05) is 44.2 Å². The van der Waals surface area contributed by atoms with Gasteiger partial charge >= 0.3 is 0 Å². The van der Waals surface area contributed by atoms with Crippen molar-refractivity contribution in [3.63, 3.8) is 0 Å². The molecule has 182 valence electrons. The summed E-state index contributed by atoms with van der Waals surface area (Å²) in [5, 5.41) is 1.15. The first-order valence-electron chi connectivity index (χ1n) is 11.0. The third kappa shape index (κ3) is 7.65. The lowest BCUT2D eigenvalue weighted by Gasteiger charge is -2.38. The molecule has 1 amide bonds. The summed E-state index contributed by atoms with van der Waals surface area (Å²) in [6.45, 7) is 5.34. The molecule has 2 atom stereocenters. The van der Waals surface area contributed by atoms with Crippen LogP contribution in [0.25, 0.3) is 0 Å². The highest BCUT2D eigenvalue weighted by Gasteiger charge is 2.42. The summed E-state index contributed by atoms with van der Waals surface area (Å²) >= 11 is 0. The largest absolute Gasteiger partial charge is 0.273 e. The van der Waals surface area contributed by atoms with E-state index in [1.165, 1.54) is 12.1 Å². The Morgan fingerprint density at radius 3 is 2.00 bits per heavy atom. The zero-order valence-corrected chi connectivity index (χ0v) is 21.3. The molecule has 0 aromatic heterocycles. The van der Waals surface area contributed by atoms with Gasteiger partial charge in [0.1, 0.15) is 9.84 Å². The normalized spacial score (nSPS) is 14.9. The minimum atomic E-state index is -4.07. The quantitative estimate of drug-likeness (QED) is 0.455. The molecule has 7 nitrogen and oxygen atoms in total. The molecule has 2 rings (SSSR count). The molecule has 2 aromatic carbocycles. The predicted octanol–water partition coefficient (Wildman–Crippen LogP) is 3.58. The number of benzene rings is 2. The number of hydrogen-bond acceptors (Lipinski definition) is 5. The summed E-state index contributed by atoms with van der Waals surface area (Å²) in [6, 6.07) is 16.8. The molecule has 0 fully saturated rings. The maximum absolute atomic E-state index is 13.9. The molecule has 1 N–H and O–H groups in total. The summed E-state index contributed by atoms with van der Waals surface area (Å²) in [6.07, 6.45) is 2.87. The molecule has 0 heterocycles. The van der Waals surface area contributed by atoms with Crippen LogP contribution in [0.3, 0.4) is 0 Å². The zero-order valence-electron chi connectivity index (χ0n) is 19.7. The van der Waals surface area contributed by atoms with E-state index >= 15 is 0 Å². The molecule has 0 bridgehead atoms. The fourth-order valence-corrected chi connectivity index (χ4v) is 6.57. The fraction of sp³-hybridized carbons (Fsp3) is 0.458. The van der Waals surface area contributed by atoms with Gasteiger partial charge in [-0.05, 0) is 43.9 Å². The Labute approximate surface area is 198 Å². The number of sulfone groups is 1. The topological polar surface area (TPSA) is 101 Å². The van der Waals surface area contributed by atoms with Crippen molar-refractivity contribution in [3.8, 4) is 0 Å². The zero-order chi connectivity index (χ0) is 24.7. The number of sulfonamides is 1. The van der Waals surface area contributed by atoms with Gasteiger partial charge in [-0.3, -0.25) is 9.80 Å². The van der Waals surface area contributed by atoms with Crippen LogP contribution in [0.15, 0.2) is 65.6 Å². The third-order valence-electron chi connectivity index (χ3n) is 5.54. The Bertz CT molecular complexity index is 1120. The monoisotopic (exact) mass is 494 g/mol. The van der Waals surface area contributed by atoms with E-state index in [2.05, 4.69) is 4.83 Å². The second-order valence-electron chi connectivity index (χ2n) is 8.72. The van der Waals surface area contributed by atoms with E-state index in [-0.39, 0.29) is 10.6 Å². The minimum Gasteiger partial charge on any atom is -0.273 e. The van der Waals surface area contributed by atoms with Gasteiger partial charge in [0.05, 0.1) is 22.1 Å². The van der Waals surface area contributed by atoms with Gasteiger partial charge in [0.15, 0.2) is 0 Å². The Morgan fingerprint density at radius 2 is 1.52 bits per heavy atom. The van der Waals surface area contributed by atoms with Crippen LogP contribution in [0.4, 0.5) is 0 Å². The molecule has 0 saturated carbocycles. The molecular weight excluding hydrogens is 460 g/mol. The highest BCUT2D eigenvalue weighted by molar-refractivity contribution is 7.90. The number of carbonyl (C=O) groups is 1. The number of hydrazine groups is 1. The summed E-state index contributed by atoms with van der Waals surface area (Å²) < 4.78 is 50.7. The van der Waals surface area contributed by atoms with Crippen LogP contribution >= 0.6 is 0 Å². The average molecular weight is 495 g/mol. The van der Waals surface area contributed by atoms with Crippen molar-refractivity contribution >= 4 is 25.8 Å². The first-order valence-corrected chi connectivity index (χ1v) is 14.6. The van der Waals surface area contributed by atoms with Gasteiger partial charge in [0.2, 0.25) is 5.91 Å². The van der Waals surface area contributed by atoms with Gasteiger partial charge in [0, 0.05) is 6.26 Å². The van der Waals surface area contributed by atoms with E-state index in [0.717, 1.165) is 16.8 Å². The Morgan fingerprint density at radius 1 is 0.970 bits per heavy atom. The Hall–Kier alpha value is -2.23. The number of carbonyl (C=O) groups excluding carboxylic acids is 1. The second-order valence-corrected chi connectivity index (χ2v) is 12.5. The van der Waals surface area contributed by atoms with Crippen molar-refractivity contribution in [2.24, 2.45) is 5.41 Å². The van der Waals surface area contributed by atoms with E-state index in [9.17, 15) is 21.6 Å². The van der Waals surface area contributed by atoms with E-state index < -0.39 is 37.2 Å². The molecular formula is C24H34N2O5S2. The lowest BCUT2D eigenvalue weighted by atomic mass is 9.85. The SMILES string of the molecule is CCCC(C)(CS(C)(=O)=O)C(=O)N(NS(=O)(=O)c1ccccc1)C(CC)Cc1ccccc1. The van der Waals surface area contributed by atoms with Crippen molar-refractivity contribution in [1.29, 1.82) is 0 Å². The third-order valence-corrected chi connectivity index (χ3v) is 8.03. The van der Waals surface area contributed by atoms with Gasteiger partial charge in [-0.2, -0.15) is 0 Å². The summed E-state index contributed by atoms with van der Waals surface area (Å²) in [7, 11) is -7.56. The molecule has 33 heavy (non-hydrogen) atoms. The number of hydrogen-bond donors (Lipinski definition) is 1. The molecule has 2 aromatic rings. The molecule has 9 heteroatoms. The maximum Gasteiger partial charge on any atom is 0.257 e. The summed E-state index contributed by atoms with van der Waals surface area (Å²) in [5.41, 5.74) is -0.326. The van der Waals surface area contributed by atoms with Crippen molar-refractivity contribution in [3.05, 3.63) is 66.2 Å². The van der Waals surface area contributed by atoms with Crippen LogP contribution in [-0.4, -0.2) is 45.8 Å². The second kappa shape index (κ2) is 11.3. The van der Waals surface area contributed by atoms with E-state index in [1.54, 1.807) is 25.1 Å². The van der Waals surface area contributed by atoms with Gasteiger partial charge < -0.3 is 0 Å². The first kappa shape index (κ1) is 27.0. The number of nitrogens with zero attached hydrogens (tertiary/aromatic N) is 1. The minimum absolute atomic E-state index is 0.0256. The van der Waals surface area contributed by atoms with Gasteiger partial charge in [-0.15, -0.1) is 4.83 Å². The molecule has 0 aliphatic heterocycles. The highest BCUT2D eigenvalue weighted by Crippen LogP contribution is 2.30. The molecule has 0 aliphatic carbocycles. The van der Waals surface area contributed by atoms with Gasteiger partial charge in [-0.25, -0.2) is 16.8 Å². The van der Waals surface area contributed by atoms with Crippen LogP contribution in [-0.2, 0) is 31.1 Å². The van der Waals surface area contributed by atoms with E-state index in [0.29, 0.717) is 25.7 Å². The van der Waals surface area contributed by atoms with Crippen LogP contribution in [0.1, 0.15) is 45.6 Å². The summed E-state index contributed by atoms with van der Waals surface area (Å²) in [5.74, 6) is -0.907. The fourth-order valence-electron chi connectivity index (χ4n) is 4.03. The van der Waals surface area contributed by atoms with Crippen molar-refractivity contribution < 1.29 is 21.6 Å². The Kier molecular flexibility index (Phi) is 9.22. The maximum atomic E-state index is 13.9. The molecule has 0 saturated heterocycles. The van der Waals surface area contributed by atoms with Crippen LogP contribution in [0, 0.1) is 5.41 Å². The standard InChI is InChI=1S/C24H34N2O5S2/c1-5-17-24(3,19-32(4,28)29)23(27)26(21(6-2)18-20-13-9-7-10-14-20)25-33(30,31)22-15-11-8-12-16-22/h7-16,21,25H,5-6,17-19H2,1-4H3. The lowest BCUT2D eigenvalue weighted by molar-refractivity contribution is -0.145. The number of amides is 1. The lowest BCUT2D eigenvalue weighted by Crippen LogP contribution is -2.58. The average Bonchev–Trinajstić information content (AvgIpc) is 2.76. The predicted molar refractivity (Wildman–Crippen MR) is 131 cm³/mol. The molecule has 0 spiro atoms. The van der Waals surface area contributed by atoms with Crippen molar-refractivity contribution in [2.45, 2.75) is 57.4 Å². The van der Waals surface area contributed by atoms with E-state index in [4.69, 9.17) is 0 Å². The van der Waals surface area contributed by atoms with Crippen molar-refractivity contribution in [1.82, 2.24) is 9.84 Å². The number of rotatable bonds is 12. The number of nitrogens with one attached hydrogen (secondary N) is 1. The van der Waals surface area contributed by atoms with Gasteiger partial charge in [0.25, 0.3) is 10.0 Å². The highest BCUT2D eigenvalue weighted by atomic mass is 32.2. The molecule has 2 unspecified atom stereocenters. The van der Waals surface area contributed by atoms with Crippen LogP contribution in [0.2, 0.25) is 0 Å².